The molecule has 1 atom stereocenters. The molecule has 1 aliphatic heterocycles. The summed E-state index contributed by atoms with van der Waals surface area (Å²) < 4.78 is 0. The highest BCUT2D eigenvalue weighted by Crippen LogP contribution is 2.45. The van der Waals surface area contributed by atoms with Gasteiger partial charge in [0, 0.05) is 17.7 Å². The fourth-order valence-electron chi connectivity index (χ4n) is 2.90. The van der Waals surface area contributed by atoms with Crippen LogP contribution in [-0.2, 0) is 21.6 Å². The molecule has 0 bridgehead atoms. The molecule has 1 heterocycles. The third-order valence-electron chi connectivity index (χ3n) is 3.72. The normalized spacial score (nSPS) is 19.5. The molecule has 1 aliphatic rings. The van der Waals surface area contributed by atoms with E-state index in [1.54, 1.807) is 24.3 Å². The first-order valence-corrected chi connectivity index (χ1v) is 6.91. The quantitative estimate of drug-likeness (QED) is 0.598. The lowest BCUT2D eigenvalue weighted by Gasteiger charge is -2.37. The van der Waals surface area contributed by atoms with E-state index in [0.717, 1.165) is 0 Å². The molecule has 0 saturated heterocycles. The molecule has 120 valence electrons. The Morgan fingerprint density at radius 1 is 1.17 bits per heavy atom. The molecule has 0 amide bonds. The van der Waals surface area contributed by atoms with Gasteiger partial charge >= 0.3 is 11.9 Å². The molecule has 4 N–H and O–H groups in total. The van der Waals surface area contributed by atoms with E-state index in [-0.39, 0.29) is 6.42 Å². The summed E-state index contributed by atoms with van der Waals surface area (Å²) in [5, 5.41) is 32.6. The van der Waals surface area contributed by atoms with Gasteiger partial charge < -0.3 is 20.6 Å². The van der Waals surface area contributed by atoms with Crippen molar-refractivity contribution in [3.63, 3.8) is 0 Å². The number of benzene rings is 1. The average Bonchev–Trinajstić information content (AvgIpc) is 2.46. The SMILES string of the molecule is C=CCc1cccc2c1C(O)(CC=C)C(C(=O)O)=C(C(=O)O)N2. The van der Waals surface area contributed by atoms with Gasteiger partial charge in [-0.3, -0.25) is 0 Å². The van der Waals surface area contributed by atoms with Crippen molar-refractivity contribution in [2.45, 2.75) is 18.4 Å². The summed E-state index contributed by atoms with van der Waals surface area (Å²) in [5.41, 5.74) is -1.78. The zero-order chi connectivity index (χ0) is 17.2. The highest BCUT2D eigenvalue weighted by molar-refractivity contribution is 6.04. The molecule has 1 aromatic rings. The Kier molecular flexibility index (Phi) is 4.38. The summed E-state index contributed by atoms with van der Waals surface area (Å²) in [6.07, 6.45) is 3.26. The van der Waals surface area contributed by atoms with Gasteiger partial charge in [-0.15, -0.1) is 13.2 Å². The van der Waals surface area contributed by atoms with Gasteiger partial charge in [0.15, 0.2) is 0 Å². The molecule has 0 spiro atoms. The summed E-state index contributed by atoms with van der Waals surface area (Å²) in [5.74, 6) is -2.96. The van der Waals surface area contributed by atoms with Crippen LogP contribution in [0.3, 0.4) is 0 Å². The Morgan fingerprint density at radius 3 is 2.39 bits per heavy atom. The number of hydrogen-bond donors (Lipinski definition) is 4. The van der Waals surface area contributed by atoms with Gasteiger partial charge in [0.1, 0.15) is 16.9 Å². The van der Waals surface area contributed by atoms with Crippen molar-refractivity contribution in [1.82, 2.24) is 0 Å². The van der Waals surface area contributed by atoms with E-state index >= 15 is 0 Å². The highest BCUT2D eigenvalue weighted by atomic mass is 16.4. The van der Waals surface area contributed by atoms with Crippen molar-refractivity contribution < 1.29 is 24.9 Å². The first kappa shape index (κ1) is 16.5. The van der Waals surface area contributed by atoms with Gasteiger partial charge in [0.05, 0.1) is 0 Å². The largest absolute Gasteiger partial charge is 0.478 e. The van der Waals surface area contributed by atoms with Crippen LogP contribution in [0, 0.1) is 0 Å². The zero-order valence-electron chi connectivity index (χ0n) is 12.4. The smallest absolute Gasteiger partial charge is 0.353 e. The summed E-state index contributed by atoms with van der Waals surface area (Å²) in [6.45, 7) is 7.20. The third kappa shape index (κ3) is 2.64. The second-order valence-electron chi connectivity index (χ2n) is 5.17. The molecule has 0 saturated carbocycles. The van der Waals surface area contributed by atoms with Crippen LogP contribution < -0.4 is 5.32 Å². The first-order valence-electron chi connectivity index (χ1n) is 6.91. The summed E-state index contributed by atoms with van der Waals surface area (Å²) in [4.78, 5) is 23.1. The highest BCUT2D eigenvalue weighted by Gasteiger charge is 2.46. The van der Waals surface area contributed by atoms with Crippen molar-refractivity contribution in [1.29, 1.82) is 0 Å². The van der Waals surface area contributed by atoms with Crippen molar-refractivity contribution in [2.75, 3.05) is 5.32 Å². The Morgan fingerprint density at radius 2 is 1.87 bits per heavy atom. The van der Waals surface area contributed by atoms with E-state index in [4.69, 9.17) is 0 Å². The molecule has 0 fully saturated rings. The average molecular weight is 315 g/mol. The summed E-state index contributed by atoms with van der Waals surface area (Å²) in [7, 11) is 0. The maximum atomic E-state index is 11.7. The molecular formula is C17H17NO5. The van der Waals surface area contributed by atoms with Crippen LogP contribution >= 0.6 is 0 Å². The van der Waals surface area contributed by atoms with Gasteiger partial charge in [0.25, 0.3) is 0 Å². The maximum Gasteiger partial charge on any atom is 0.353 e. The van der Waals surface area contributed by atoms with E-state index in [1.165, 1.54) is 6.08 Å². The Bertz CT molecular complexity index is 734. The van der Waals surface area contributed by atoms with E-state index in [0.29, 0.717) is 23.2 Å². The molecular weight excluding hydrogens is 298 g/mol. The molecule has 6 nitrogen and oxygen atoms in total. The Hall–Kier alpha value is -2.86. The molecule has 1 aromatic carbocycles. The summed E-state index contributed by atoms with van der Waals surface area (Å²) >= 11 is 0. The number of fused-ring (bicyclic) bond motifs is 1. The van der Waals surface area contributed by atoms with Gasteiger partial charge in [-0.1, -0.05) is 24.3 Å². The topological polar surface area (TPSA) is 107 Å². The molecule has 0 aliphatic carbocycles. The van der Waals surface area contributed by atoms with E-state index in [2.05, 4.69) is 18.5 Å². The number of anilines is 1. The van der Waals surface area contributed by atoms with Crippen LogP contribution in [0.15, 0.2) is 54.8 Å². The third-order valence-corrected chi connectivity index (χ3v) is 3.72. The van der Waals surface area contributed by atoms with Crippen molar-refractivity contribution in [3.05, 3.63) is 65.9 Å². The van der Waals surface area contributed by atoms with Gasteiger partial charge in [0.2, 0.25) is 0 Å². The molecule has 1 unspecified atom stereocenters. The molecule has 0 radical (unpaired) electrons. The number of carbonyl (C=O) groups is 2. The lowest BCUT2D eigenvalue weighted by molar-refractivity contribution is -0.138. The summed E-state index contributed by atoms with van der Waals surface area (Å²) in [6, 6.07) is 5.03. The Labute approximate surface area is 133 Å². The number of aliphatic hydroxyl groups is 1. The fourth-order valence-corrected chi connectivity index (χ4v) is 2.90. The lowest BCUT2D eigenvalue weighted by atomic mass is 9.76. The number of allylic oxidation sites excluding steroid dienone is 1. The predicted molar refractivity (Wildman–Crippen MR) is 85.0 cm³/mol. The number of carboxylic acids is 2. The predicted octanol–water partition coefficient (Wildman–Crippen LogP) is 2.03. The van der Waals surface area contributed by atoms with Crippen LogP contribution in [0.2, 0.25) is 0 Å². The minimum atomic E-state index is -1.98. The van der Waals surface area contributed by atoms with Gasteiger partial charge in [-0.25, -0.2) is 9.59 Å². The number of rotatable bonds is 6. The van der Waals surface area contributed by atoms with E-state index < -0.39 is 28.8 Å². The first-order chi connectivity index (χ1) is 10.9. The number of hydrogen-bond acceptors (Lipinski definition) is 4. The maximum absolute atomic E-state index is 11.7. The van der Waals surface area contributed by atoms with Crippen LogP contribution in [0.25, 0.3) is 0 Å². The van der Waals surface area contributed by atoms with Crippen LogP contribution in [0.5, 0.6) is 0 Å². The lowest BCUT2D eigenvalue weighted by Crippen LogP contribution is -2.40. The second-order valence-corrected chi connectivity index (χ2v) is 5.17. The van der Waals surface area contributed by atoms with Crippen molar-refractivity contribution in [3.8, 4) is 0 Å². The van der Waals surface area contributed by atoms with Crippen LogP contribution in [0.4, 0.5) is 5.69 Å². The van der Waals surface area contributed by atoms with Crippen molar-refractivity contribution in [2.24, 2.45) is 0 Å². The van der Waals surface area contributed by atoms with Crippen molar-refractivity contribution >= 4 is 17.6 Å². The number of aliphatic carboxylic acids is 2. The van der Waals surface area contributed by atoms with Crippen LogP contribution in [-0.4, -0.2) is 27.3 Å². The molecule has 6 heteroatoms. The van der Waals surface area contributed by atoms with Gasteiger partial charge in [-0.2, -0.15) is 0 Å². The minimum absolute atomic E-state index is 0.131. The van der Waals surface area contributed by atoms with Crippen LogP contribution in [0.1, 0.15) is 17.5 Å². The standard InChI is InChI=1S/C17H17NO5/c1-3-6-10-7-5-8-11-12(10)17(23,9-4-2)13(15(19)20)14(18-11)16(21)22/h3-5,7-8,18,23H,1-2,6,9H2,(H,19,20)(H,21,22). The van der Waals surface area contributed by atoms with E-state index in [1.807, 2.05) is 0 Å². The Balaban J connectivity index is 2.85. The monoisotopic (exact) mass is 315 g/mol. The molecule has 23 heavy (non-hydrogen) atoms. The second kappa shape index (κ2) is 6.10. The minimum Gasteiger partial charge on any atom is -0.478 e. The fraction of sp³-hybridized carbons (Fsp3) is 0.176. The molecule has 2 rings (SSSR count). The van der Waals surface area contributed by atoms with Gasteiger partial charge in [-0.05, 0) is 18.1 Å². The molecule has 0 aromatic heterocycles. The zero-order valence-corrected chi connectivity index (χ0v) is 12.4. The number of carboxylic acid groups (broad SMARTS) is 2. The number of nitrogens with one attached hydrogen (secondary N) is 1. The van der Waals surface area contributed by atoms with E-state index in [9.17, 15) is 24.9 Å².